The van der Waals surface area contributed by atoms with E-state index >= 15 is 0 Å². The maximum atomic E-state index is 8.84. The minimum atomic E-state index is 0.476. The topological polar surface area (TPSA) is 46.6 Å². The molecule has 2 aromatic carbocycles. The Morgan fingerprint density at radius 2 is 1.28 bits per heavy atom. The Bertz CT molecular complexity index is 1120. The molecular weight excluding hydrogens is 308 g/mol. The number of aromatic nitrogens is 3. The average Bonchev–Trinajstić information content (AvgIpc) is 2.87. The third kappa shape index (κ3) is 2.30. The van der Waals surface area contributed by atoms with E-state index in [0.717, 1.165) is 39.5 Å². The number of hydrogen-bond donors (Lipinski definition) is 1. The maximum absolute atomic E-state index is 8.84. The maximum Gasteiger partial charge on any atom is 0.150 e. The van der Waals surface area contributed by atoms with Gasteiger partial charge in [0.05, 0.1) is 5.39 Å². The molecule has 0 bridgehead atoms. The summed E-state index contributed by atoms with van der Waals surface area (Å²) >= 11 is 0. The van der Waals surface area contributed by atoms with Gasteiger partial charge in [0, 0.05) is 17.1 Å². The predicted molar refractivity (Wildman–Crippen MR) is 100 cm³/mol. The summed E-state index contributed by atoms with van der Waals surface area (Å²) in [5.41, 5.74) is 5.57. The molecule has 4 nitrogen and oxygen atoms in total. The van der Waals surface area contributed by atoms with Crippen molar-refractivity contribution in [2.45, 2.75) is 20.8 Å². The number of para-hydroxylation sites is 2. The summed E-state index contributed by atoms with van der Waals surface area (Å²) in [6, 6.07) is 20.2. The fourth-order valence-electron chi connectivity index (χ4n) is 3.44. The van der Waals surface area contributed by atoms with E-state index < -0.39 is 0 Å². The van der Waals surface area contributed by atoms with Crippen molar-refractivity contribution in [3.63, 3.8) is 0 Å². The van der Waals surface area contributed by atoms with Crippen LogP contribution in [0.5, 0.6) is 0 Å². The highest BCUT2D eigenvalue weighted by molar-refractivity contribution is 5.83. The van der Waals surface area contributed by atoms with Crippen LogP contribution in [0.25, 0.3) is 22.4 Å². The summed E-state index contributed by atoms with van der Waals surface area (Å²) < 4.78 is 4.05. The van der Waals surface area contributed by atoms with Crippen LogP contribution in [0.1, 0.15) is 17.1 Å². The minimum absolute atomic E-state index is 0.476. The standard InChI is InChI=1S/C21H20N4/c1-14-15(2)24(17-10-6-4-7-11-17)21-19(14)20(22)25(16(3)23-21)18-12-8-5-9-13-18/h4-13,22H,1-3H3. The van der Waals surface area contributed by atoms with Crippen molar-refractivity contribution < 1.29 is 0 Å². The highest BCUT2D eigenvalue weighted by Gasteiger charge is 2.18. The first-order valence-electron chi connectivity index (χ1n) is 8.36. The highest BCUT2D eigenvalue weighted by Crippen LogP contribution is 2.25. The van der Waals surface area contributed by atoms with Crippen LogP contribution in [0.2, 0.25) is 0 Å². The van der Waals surface area contributed by atoms with Crippen molar-refractivity contribution in [3.05, 3.63) is 83.2 Å². The summed E-state index contributed by atoms with van der Waals surface area (Å²) in [5, 5.41) is 9.74. The number of nitrogens with one attached hydrogen (secondary N) is 1. The molecule has 2 heterocycles. The van der Waals surface area contributed by atoms with Gasteiger partial charge in [-0.1, -0.05) is 36.4 Å². The zero-order chi connectivity index (χ0) is 17.6. The average molecular weight is 328 g/mol. The van der Waals surface area contributed by atoms with Crippen molar-refractivity contribution in [2.75, 3.05) is 0 Å². The first-order chi connectivity index (χ1) is 12.1. The molecule has 2 aromatic heterocycles. The van der Waals surface area contributed by atoms with Gasteiger partial charge in [0.1, 0.15) is 11.3 Å². The molecule has 0 amide bonds. The van der Waals surface area contributed by atoms with E-state index in [4.69, 9.17) is 10.4 Å². The Labute approximate surface area is 146 Å². The summed E-state index contributed by atoms with van der Waals surface area (Å²) in [6.45, 7) is 6.12. The smallest absolute Gasteiger partial charge is 0.150 e. The monoisotopic (exact) mass is 328 g/mol. The summed E-state index contributed by atoms with van der Waals surface area (Å²) in [6.07, 6.45) is 0. The molecule has 0 saturated heterocycles. The van der Waals surface area contributed by atoms with E-state index in [-0.39, 0.29) is 0 Å². The largest absolute Gasteiger partial charge is 0.298 e. The van der Waals surface area contributed by atoms with Gasteiger partial charge in [-0.15, -0.1) is 0 Å². The quantitative estimate of drug-likeness (QED) is 0.588. The van der Waals surface area contributed by atoms with E-state index in [1.807, 2.05) is 60.0 Å². The number of hydrogen-bond acceptors (Lipinski definition) is 2. The lowest BCUT2D eigenvalue weighted by Gasteiger charge is -2.13. The lowest BCUT2D eigenvalue weighted by atomic mass is 10.2. The van der Waals surface area contributed by atoms with E-state index in [2.05, 4.69) is 30.5 Å². The van der Waals surface area contributed by atoms with Crippen LogP contribution in [0.15, 0.2) is 60.7 Å². The highest BCUT2D eigenvalue weighted by atomic mass is 15.1. The van der Waals surface area contributed by atoms with Gasteiger partial charge in [-0.25, -0.2) is 4.98 Å². The van der Waals surface area contributed by atoms with Crippen molar-refractivity contribution in [2.24, 2.45) is 0 Å². The van der Waals surface area contributed by atoms with Gasteiger partial charge in [-0.3, -0.25) is 14.5 Å². The Kier molecular flexibility index (Phi) is 3.53. The Morgan fingerprint density at radius 1 is 0.760 bits per heavy atom. The van der Waals surface area contributed by atoms with Crippen molar-refractivity contribution in [1.29, 1.82) is 5.41 Å². The number of aryl methyl sites for hydroxylation is 2. The molecule has 0 radical (unpaired) electrons. The molecule has 0 aliphatic carbocycles. The van der Waals surface area contributed by atoms with Crippen LogP contribution in [-0.4, -0.2) is 14.1 Å². The fourth-order valence-corrected chi connectivity index (χ4v) is 3.44. The molecule has 0 unspecified atom stereocenters. The van der Waals surface area contributed by atoms with Crippen LogP contribution in [0.4, 0.5) is 0 Å². The van der Waals surface area contributed by atoms with E-state index in [0.29, 0.717) is 5.49 Å². The van der Waals surface area contributed by atoms with Crippen molar-refractivity contribution >= 4 is 11.0 Å². The van der Waals surface area contributed by atoms with Crippen LogP contribution in [0.3, 0.4) is 0 Å². The minimum Gasteiger partial charge on any atom is -0.298 e. The van der Waals surface area contributed by atoms with Crippen molar-refractivity contribution in [3.8, 4) is 11.4 Å². The number of rotatable bonds is 2. The lowest BCUT2D eigenvalue weighted by molar-refractivity contribution is 0.849. The van der Waals surface area contributed by atoms with Crippen LogP contribution in [-0.2, 0) is 0 Å². The Balaban J connectivity index is 2.11. The number of fused-ring (bicyclic) bond motifs is 1. The van der Waals surface area contributed by atoms with Gasteiger partial charge in [0.25, 0.3) is 0 Å². The van der Waals surface area contributed by atoms with E-state index in [9.17, 15) is 0 Å². The van der Waals surface area contributed by atoms with Crippen LogP contribution >= 0.6 is 0 Å². The molecule has 4 aromatic rings. The third-order valence-electron chi connectivity index (χ3n) is 4.77. The molecule has 1 N–H and O–H groups in total. The van der Waals surface area contributed by atoms with Gasteiger partial charge in [0.2, 0.25) is 0 Å². The predicted octanol–water partition coefficient (Wildman–Crippen LogP) is 4.22. The Morgan fingerprint density at radius 3 is 1.84 bits per heavy atom. The molecule has 0 aliphatic heterocycles. The number of nitrogens with zero attached hydrogens (tertiary/aromatic N) is 3. The second kappa shape index (κ2) is 5.74. The third-order valence-corrected chi connectivity index (χ3v) is 4.77. The van der Waals surface area contributed by atoms with Gasteiger partial charge in [0.15, 0.2) is 5.65 Å². The van der Waals surface area contributed by atoms with Crippen molar-refractivity contribution in [1.82, 2.24) is 14.1 Å². The normalized spacial score (nSPS) is 11.2. The second-order valence-electron chi connectivity index (χ2n) is 6.26. The van der Waals surface area contributed by atoms with E-state index in [1.165, 1.54) is 0 Å². The molecule has 4 heteroatoms. The molecule has 0 aliphatic rings. The Hall–Kier alpha value is -3.14. The van der Waals surface area contributed by atoms with Gasteiger partial charge in [-0.2, -0.15) is 0 Å². The second-order valence-corrected chi connectivity index (χ2v) is 6.26. The summed E-state index contributed by atoms with van der Waals surface area (Å²) in [5.74, 6) is 0.804. The first-order valence-corrected chi connectivity index (χ1v) is 8.36. The summed E-state index contributed by atoms with van der Waals surface area (Å²) in [7, 11) is 0. The molecule has 0 spiro atoms. The number of benzene rings is 2. The van der Waals surface area contributed by atoms with Gasteiger partial charge >= 0.3 is 0 Å². The van der Waals surface area contributed by atoms with Crippen LogP contribution < -0.4 is 5.49 Å². The van der Waals surface area contributed by atoms with Crippen LogP contribution in [0, 0.1) is 26.2 Å². The van der Waals surface area contributed by atoms with Gasteiger partial charge < -0.3 is 0 Å². The molecular formula is C21H20N4. The molecule has 0 atom stereocenters. The zero-order valence-corrected chi connectivity index (χ0v) is 14.6. The SMILES string of the molecule is Cc1c(C)n(-c2ccccc2)c2nc(C)n(-c3ccccc3)c(=N)c12. The molecule has 0 fully saturated rings. The zero-order valence-electron chi connectivity index (χ0n) is 14.6. The summed E-state index contributed by atoms with van der Waals surface area (Å²) in [4.78, 5) is 4.88. The fraction of sp³-hybridized carbons (Fsp3) is 0.143. The first kappa shape index (κ1) is 15.4. The molecule has 0 saturated carbocycles. The lowest BCUT2D eigenvalue weighted by Crippen LogP contribution is -2.22. The van der Waals surface area contributed by atoms with E-state index in [1.54, 1.807) is 0 Å². The molecule has 25 heavy (non-hydrogen) atoms. The molecule has 4 rings (SSSR count). The molecule has 124 valence electrons. The van der Waals surface area contributed by atoms with Gasteiger partial charge in [-0.05, 0) is 50.6 Å².